The molecule has 3 fully saturated rings. The summed E-state index contributed by atoms with van der Waals surface area (Å²) in [5.74, 6) is 6.65. The first-order valence-electron chi connectivity index (χ1n) is 39.4. The van der Waals surface area contributed by atoms with E-state index in [0.29, 0.717) is 66.2 Å². The average Bonchev–Trinajstić information content (AvgIpc) is 1.61. The number of thioether (sulfide) groups is 1. The molecule has 31 heteroatoms. The van der Waals surface area contributed by atoms with E-state index >= 15 is 0 Å². The van der Waals surface area contributed by atoms with Gasteiger partial charge in [0.1, 0.15) is 34.9 Å². The molecule has 3 atom stereocenters. The predicted octanol–water partition coefficient (Wildman–Crippen LogP) is 14.5. The van der Waals surface area contributed by atoms with Crippen molar-refractivity contribution in [1.29, 1.82) is 0 Å². The Morgan fingerprint density at radius 3 is 1.15 bits per heavy atom. The Labute approximate surface area is 716 Å². The summed E-state index contributed by atoms with van der Waals surface area (Å²) < 4.78 is 94.2. The summed E-state index contributed by atoms with van der Waals surface area (Å²) in [5, 5.41) is 20.1. The first-order chi connectivity index (χ1) is 55.6. The third kappa shape index (κ3) is 24.3. The van der Waals surface area contributed by atoms with E-state index in [1.54, 1.807) is 36.7 Å². The zero-order valence-corrected chi connectivity index (χ0v) is 72.5. The molecule has 17 rings (SSSR count). The van der Waals surface area contributed by atoms with Crippen LogP contribution in [0.4, 0.5) is 31.0 Å². The second kappa shape index (κ2) is 42.5. The van der Waals surface area contributed by atoms with Crippen molar-refractivity contribution in [2.45, 2.75) is 165 Å². The number of anilines is 3. The number of halogens is 4. The molecule has 9 heterocycles. The van der Waals surface area contributed by atoms with Crippen molar-refractivity contribution in [2.75, 3.05) is 67.1 Å². The van der Waals surface area contributed by atoms with Crippen molar-refractivity contribution in [3.63, 3.8) is 0 Å². The van der Waals surface area contributed by atoms with Gasteiger partial charge < -0.3 is 41.1 Å². The van der Waals surface area contributed by atoms with Crippen LogP contribution in [0.15, 0.2) is 170 Å². The van der Waals surface area contributed by atoms with Crippen LogP contribution in [-0.4, -0.2) is 155 Å². The number of hydrogen-bond acceptors (Lipinski definition) is 21. The molecule has 610 valence electrons. The second-order valence-electron chi connectivity index (χ2n) is 29.1. The van der Waals surface area contributed by atoms with Gasteiger partial charge in [0.25, 0.3) is 10.1 Å². The summed E-state index contributed by atoms with van der Waals surface area (Å²) in [7, 11) is -2.26. The van der Waals surface area contributed by atoms with Crippen LogP contribution >= 0.6 is 35.1 Å². The number of rotatable bonds is 24. The molecule has 0 saturated heterocycles. The molecule has 0 amide bonds. The molecule has 0 bridgehead atoms. The molecule has 116 heavy (non-hydrogen) atoms. The molecule has 0 spiro atoms. The quantitative estimate of drug-likeness (QED) is 0.0163. The standard InChI is InChI=1S/C28H28FN5S.C22H24FN5O3S.C21H22FN5O.C7H8S.C6H15N.CH3ClO2S.Na.H/c29-21-11-9-20(10-12-21)26-27(24-15-16-30-28(32-24)31-22-7-4-8-22)34-23(13-14-25(34)33-26)18-35-17-19-5-2-1-3-6-19;1-32(29,30)31-13-17-9-10-19-27-20(14-5-7-15(23)8-6-14)21(28(17)19)18-11-12-24-22(26-18)25-16-3-2-4-16;22-14-6-4-13(5-7-14)19-20(27-16(12-28)8-9-18(27)26-19)17-10-11-23-21(25-17)24-15-2-1-3-15;8-6-7-4-2-1-3-5-7;1-4-7(5-2)6-3;1-5(2,3)4;;/h1-3,5-6,9-12,15-16,22-23H,4,7-8,13-14,17-18H2,(H,30,31,32);5-8,11-12,16-17H,2-4,9-10,13H2,1H3,(H,24,25,26);4-7,10-11,15-16,28H,1-3,8-9,12H2,(H,23,24,25);1-5,8H,6H2;4-6H2,1-3H3;1H3;;/q;;;;;;+1;-1/t23-;17-;16-;;;;;/m000...../s1. The molecule has 0 radical (unpaired) electrons. The van der Waals surface area contributed by atoms with Crippen LogP contribution in [0.2, 0.25) is 0 Å². The third-order valence-electron chi connectivity index (χ3n) is 21.0. The van der Waals surface area contributed by atoms with Gasteiger partial charge in [-0.3, -0.25) is 4.18 Å². The van der Waals surface area contributed by atoms with E-state index in [4.69, 9.17) is 34.1 Å². The maximum atomic E-state index is 13.7. The first-order valence-corrected chi connectivity index (χ1v) is 45.7. The Bertz CT molecular complexity index is 5200. The number of nitrogens with one attached hydrogen (secondary N) is 3. The van der Waals surface area contributed by atoms with Gasteiger partial charge in [-0.25, -0.2) is 66.4 Å². The van der Waals surface area contributed by atoms with Crippen LogP contribution < -0.4 is 45.5 Å². The van der Waals surface area contributed by atoms with E-state index < -0.39 is 19.2 Å². The maximum absolute atomic E-state index is 13.7. The van der Waals surface area contributed by atoms with Gasteiger partial charge in [-0.05, 0) is 199 Å². The van der Waals surface area contributed by atoms with E-state index in [9.17, 15) is 35.1 Å². The number of aryl methyl sites for hydroxylation is 3. The van der Waals surface area contributed by atoms with E-state index in [2.05, 4.69) is 131 Å². The van der Waals surface area contributed by atoms with Gasteiger partial charge in [0.05, 0.1) is 89.1 Å². The van der Waals surface area contributed by atoms with Gasteiger partial charge in [0.15, 0.2) is 0 Å². The number of hydrogen-bond donors (Lipinski definition) is 5. The van der Waals surface area contributed by atoms with Gasteiger partial charge >= 0.3 is 29.6 Å². The molecular formula is C85H101ClF3N16NaO6S4. The normalized spacial score (nSPS) is 16.5. The van der Waals surface area contributed by atoms with E-state index in [-0.39, 0.29) is 73.7 Å². The number of benzene rings is 5. The summed E-state index contributed by atoms with van der Waals surface area (Å²) in [6.07, 6.45) is 22.8. The topological polar surface area (TPSA) is 268 Å². The average molecular weight is 1690 g/mol. The predicted molar refractivity (Wildman–Crippen MR) is 457 cm³/mol. The number of aromatic nitrogens is 12. The van der Waals surface area contributed by atoms with Crippen molar-refractivity contribution in [3.05, 3.63) is 216 Å². The summed E-state index contributed by atoms with van der Waals surface area (Å²) in [5.41, 5.74) is 12.3. The summed E-state index contributed by atoms with van der Waals surface area (Å²) in [6, 6.07) is 47.0. The fraction of sp³-hybridized carbons (Fsp3) is 0.400. The molecule has 0 unspecified atom stereocenters. The summed E-state index contributed by atoms with van der Waals surface area (Å²) in [6.45, 7) is 10.2. The van der Waals surface area contributed by atoms with Crippen LogP contribution in [0.3, 0.4) is 0 Å². The number of nitrogens with zero attached hydrogens (tertiary/aromatic N) is 13. The van der Waals surface area contributed by atoms with E-state index in [1.165, 1.54) is 86.4 Å². The molecule has 6 aliphatic rings. The molecule has 3 aliphatic heterocycles. The maximum Gasteiger partial charge on any atom is 1.00 e. The van der Waals surface area contributed by atoms with Gasteiger partial charge in [-0.1, -0.05) is 81.4 Å². The van der Waals surface area contributed by atoms with Gasteiger partial charge in [0, 0.05) is 107 Å². The summed E-state index contributed by atoms with van der Waals surface area (Å²) in [4.78, 5) is 44.7. The van der Waals surface area contributed by atoms with Gasteiger partial charge in [-0.2, -0.15) is 32.8 Å². The van der Waals surface area contributed by atoms with Crippen LogP contribution in [-0.2, 0) is 54.1 Å². The molecule has 3 saturated carbocycles. The van der Waals surface area contributed by atoms with Crippen molar-refractivity contribution >= 4 is 72.1 Å². The summed E-state index contributed by atoms with van der Waals surface area (Å²) >= 11 is 6.07. The minimum atomic E-state index is -3.57. The van der Waals surface area contributed by atoms with Crippen LogP contribution in [0.1, 0.15) is 146 Å². The minimum Gasteiger partial charge on any atom is -1.00 e. The molecule has 5 aromatic carbocycles. The Morgan fingerprint density at radius 1 is 0.500 bits per heavy atom. The molecule has 22 nitrogen and oxygen atoms in total. The van der Waals surface area contributed by atoms with E-state index in [1.807, 2.05) is 71.1 Å². The SMILES string of the molecule is CCN(CC)CC.CS(=O)(=O)Cl.CS(=O)(=O)OC[C@@H]1CCc2nc(-c3ccc(F)cc3)c(-c3ccnc(NC4CCC4)n3)n21.Fc1ccc(-c2nc3n(c2-c2ccnc(NC4CCC4)n2)[C@H](CSCc2ccccc2)CC3)cc1.OC[C@@H]1CCc2nc(-c3ccc(F)cc3)c(-c3ccnc(NC4CCC4)n3)n21.SCc1ccccc1.[H-].[Na+]. The number of thiol groups is 1. The van der Waals surface area contributed by atoms with Crippen molar-refractivity contribution in [2.24, 2.45) is 0 Å². The smallest absolute Gasteiger partial charge is 1.00 e. The number of imidazole rings is 3. The van der Waals surface area contributed by atoms with Crippen LogP contribution in [0.5, 0.6) is 0 Å². The number of aliphatic hydroxyl groups is 1. The molecule has 4 N–H and O–H groups in total. The fourth-order valence-electron chi connectivity index (χ4n) is 14.3. The first kappa shape index (κ1) is 88.7. The Morgan fingerprint density at radius 2 is 0.836 bits per heavy atom. The second-order valence-corrected chi connectivity index (χ2v) is 35.1. The van der Waals surface area contributed by atoms with Crippen molar-refractivity contribution < 1.29 is 70.3 Å². The number of fused-ring (bicyclic) bond motifs is 3. The largest absolute Gasteiger partial charge is 1.00 e. The van der Waals surface area contributed by atoms with Gasteiger partial charge in [0.2, 0.25) is 26.9 Å². The Hall–Kier alpha value is -8.07. The third-order valence-corrected chi connectivity index (χ3v) is 23.1. The molecular weight excluding hydrogens is 1580 g/mol. The van der Waals surface area contributed by atoms with Gasteiger partial charge in [-0.15, -0.1) is 0 Å². The number of aliphatic hydroxyl groups excluding tert-OH is 1. The zero-order valence-electron chi connectivity index (χ0n) is 67.4. The van der Waals surface area contributed by atoms with E-state index in [0.717, 1.165) is 168 Å². The van der Waals surface area contributed by atoms with Crippen LogP contribution in [0.25, 0.3) is 67.9 Å². The monoisotopic (exact) mass is 1680 g/mol. The van der Waals surface area contributed by atoms with Crippen molar-refractivity contribution in [3.8, 4) is 67.9 Å². The Balaban J connectivity index is 0.000000164. The van der Waals surface area contributed by atoms with Crippen LogP contribution in [0, 0.1) is 17.5 Å². The minimum absolute atomic E-state index is 0. The molecule has 11 aromatic rings. The van der Waals surface area contributed by atoms with Crippen molar-refractivity contribution in [1.82, 2.24) is 63.5 Å². The fourth-order valence-corrected chi connectivity index (χ4v) is 16.0. The Kier molecular flexibility index (Phi) is 32.5. The molecule has 3 aliphatic carbocycles. The zero-order chi connectivity index (χ0) is 81.0. The molecule has 6 aromatic heterocycles.